The Morgan fingerprint density at radius 2 is 0.597 bits per heavy atom. The summed E-state index contributed by atoms with van der Waals surface area (Å²) < 4.78 is 12.8. The summed E-state index contributed by atoms with van der Waals surface area (Å²) in [6.07, 6.45) is 0. The first-order valence-electron chi connectivity index (χ1n) is 20.6. The normalized spacial score (nSPS) is 11.5. The molecule has 8 aromatic carbocycles. The Morgan fingerprint density at radius 3 is 1.03 bits per heavy atom. The van der Waals surface area contributed by atoms with Crippen LogP contribution in [-0.4, -0.2) is 19.9 Å². The fourth-order valence-corrected chi connectivity index (χ4v) is 8.50. The van der Waals surface area contributed by atoms with E-state index in [0.717, 1.165) is 99.7 Å². The van der Waals surface area contributed by atoms with E-state index >= 15 is 0 Å². The zero-order valence-corrected chi connectivity index (χ0v) is 33.2. The molecule has 0 amide bonds. The van der Waals surface area contributed by atoms with Crippen molar-refractivity contribution in [1.82, 2.24) is 19.9 Å². The number of fused-ring (bicyclic) bond motifs is 6. The van der Waals surface area contributed by atoms with Crippen LogP contribution in [0.5, 0.6) is 0 Å². The lowest BCUT2D eigenvalue weighted by molar-refractivity contribution is 0.653. The standard InChI is InChI=1S/C56H34N4O2/c1-3-13-35(14-4-1)37-25-29-39(30-26-37)51-49-45-21-7-9-23-47(45)61-55(49)59-53(57-51)43-19-11-17-41(33-43)42-18-12-20-44(34-42)54-58-52(50-46-22-8-10-24-48(46)62-56(50)60-54)40-31-27-38(28-32-40)36-15-5-2-6-16-36/h1-34H. The molecule has 0 aliphatic carbocycles. The molecule has 6 nitrogen and oxygen atoms in total. The summed E-state index contributed by atoms with van der Waals surface area (Å²) in [5.41, 5.74) is 14.7. The van der Waals surface area contributed by atoms with Gasteiger partial charge in [-0.2, -0.15) is 9.97 Å². The van der Waals surface area contributed by atoms with Crippen molar-refractivity contribution in [3.05, 3.63) is 206 Å². The molecule has 0 unspecified atom stereocenters. The van der Waals surface area contributed by atoms with E-state index in [-0.39, 0.29) is 0 Å². The van der Waals surface area contributed by atoms with Crippen LogP contribution in [0.1, 0.15) is 0 Å². The third kappa shape index (κ3) is 6.21. The van der Waals surface area contributed by atoms with Gasteiger partial charge in [0, 0.05) is 33.0 Å². The number of rotatable bonds is 7. The second-order valence-electron chi connectivity index (χ2n) is 15.4. The minimum Gasteiger partial charge on any atom is -0.438 e. The van der Waals surface area contributed by atoms with E-state index in [0.29, 0.717) is 23.1 Å². The Hall–Kier alpha value is -8.48. The maximum Gasteiger partial charge on any atom is 0.231 e. The molecular weight excluding hydrogens is 761 g/mol. The summed E-state index contributed by atoms with van der Waals surface area (Å²) in [5, 5.41) is 3.76. The molecule has 290 valence electrons. The molecule has 12 rings (SSSR count). The molecule has 0 atom stereocenters. The molecule has 0 aliphatic heterocycles. The van der Waals surface area contributed by atoms with E-state index in [9.17, 15) is 0 Å². The Labute approximate surface area is 356 Å². The summed E-state index contributed by atoms with van der Waals surface area (Å²) in [7, 11) is 0. The van der Waals surface area contributed by atoms with Gasteiger partial charge >= 0.3 is 0 Å². The van der Waals surface area contributed by atoms with Crippen molar-refractivity contribution in [3.63, 3.8) is 0 Å². The van der Waals surface area contributed by atoms with Gasteiger partial charge in [-0.1, -0.05) is 182 Å². The topological polar surface area (TPSA) is 77.8 Å². The van der Waals surface area contributed by atoms with Crippen LogP contribution in [0.15, 0.2) is 215 Å². The first-order valence-corrected chi connectivity index (χ1v) is 20.6. The van der Waals surface area contributed by atoms with E-state index < -0.39 is 0 Å². The molecule has 0 aliphatic rings. The summed E-state index contributed by atoms with van der Waals surface area (Å²) >= 11 is 0. The van der Waals surface area contributed by atoms with Crippen molar-refractivity contribution in [3.8, 4) is 78.7 Å². The van der Waals surface area contributed by atoms with Crippen LogP contribution in [-0.2, 0) is 0 Å². The molecule has 0 N–H and O–H groups in total. The summed E-state index contributed by atoms with van der Waals surface area (Å²) in [6, 6.07) is 70.7. The predicted molar refractivity (Wildman–Crippen MR) is 250 cm³/mol. The number of nitrogens with zero attached hydrogens (tertiary/aromatic N) is 4. The van der Waals surface area contributed by atoms with Crippen molar-refractivity contribution in [2.24, 2.45) is 0 Å². The van der Waals surface area contributed by atoms with Crippen LogP contribution < -0.4 is 0 Å². The number of furan rings is 2. The first kappa shape index (κ1) is 35.5. The molecule has 6 heteroatoms. The highest BCUT2D eigenvalue weighted by atomic mass is 16.3. The van der Waals surface area contributed by atoms with Gasteiger partial charge in [0.2, 0.25) is 11.4 Å². The van der Waals surface area contributed by atoms with Gasteiger partial charge < -0.3 is 8.83 Å². The summed E-state index contributed by atoms with van der Waals surface area (Å²) in [4.78, 5) is 20.6. The zero-order chi connectivity index (χ0) is 41.0. The van der Waals surface area contributed by atoms with Gasteiger partial charge in [0.1, 0.15) is 11.2 Å². The third-order valence-corrected chi connectivity index (χ3v) is 11.6. The van der Waals surface area contributed by atoms with E-state index in [1.54, 1.807) is 0 Å². The van der Waals surface area contributed by atoms with E-state index in [2.05, 4.69) is 133 Å². The lowest BCUT2D eigenvalue weighted by Gasteiger charge is -2.11. The highest BCUT2D eigenvalue weighted by Crippen LogP contribution is 2.40. The molecule has 0 spiro atoms. The number of hydrogen-bond acceptors (Lipinski definition) is 6. The quantitative estimate of drug-likeness (QED) is 0.160. The SMILES string of the molecule is c1ccc(-c2ccc(-c3nc(-c4cccc(-c5cccc(-c6nc(-c7ccc(-c8ccccc8)cc7)c7c(n6)oc6ccccc67)c5)c4)nc4oc5ccccc5c34)cc2)cc1. The maximum atomic E-state index is 6.39. The van der Waals surface area contributed by atoms with Crippen LogP contribution in [0.3, 0.4) is 0 Å². The Kier molecular flexibility index (Phi) is 8.38. The molecule has 0 fully saturated rings. The summed E-state index contributed by atoms with van der Waals surface area (Å²) in [6.45, 7) is 0. The van der Waals surface area contributed by atoms with Gasteiger partial charge in [-0.25, -0.2) is 9.97 Å². The van der Waals surface area contributed by atoms with Crippen molar-refractivity contribution in [2.75, 3.05) is 0 Å². The molecule has 0 radical (unpaired) electrons. The van der Waals surface area contributed by atoms with Gasteiger partial charge in [0.05, 0.1) is 22.2 Å². The third-order valence-electron chi connectivity index (χ3n) is 11.6. The molecule has 0 saturated heterocycles. The average Bonchev–Trinajstić information content (AvgIpc) is 3.93. The molecule has 4 aromatic heterocycles. The lowest BCUT2D eigenvalue weighted by atomic mass is 9.99. The van der Waals surface area contributed by atoms with Crippen LogP contribution in [0.25, 0.3) is 123 Å². The zero-order valence-electron chi connectivity index (χ0n) is 33.2. The van der Waals surface area contributed by atoms with Gasteiger partial charge in [-0.3, -0.25) is 0 Å². The van der Waals surface area contributed by atoms with Crippen LogP contribution in [0.2, 0.25) is 0 Å². The fourth-order valence-electron chi connectivity index (χ4n) is 8.50. The highest BCUT2D eigenvalue weighted by Gasteiger charge is 2.21. The van der Waals surface area contributed by atoms with Crippen molar-refractivity contribution in [2.45, 2.75) is 0 Å². The second kappa shape index (κ2) is 14.7. The number of aromatic nitrogens is 4. The fraction of sp³-hybridized carbons (Fsp3) is 0. The maximum absolute atomic E-state index is 6.39. The van der Waals surface area contributed by atoms with Crippen molar-refractivity contribution >= 4 is 44.1 Å². The molecule has 4 heterocycles. The Bertz CT molecular complexity index is 3370. The van der Waals surface area contributed by atoms with Gasteiger partial charge in [0.25, 0.3) is 0 Å². The van der Waals surface area contributed by atoms with Gasteiger partial charge in [0.15, 0.2) is 11.6 Å². The average molecular weight is 795 g/mol. The van der Waals surface area contributed by atoms with Crippen molar-refractivity contribution < 1.29 is 8.83 Å². The smallest absolute Gasteiger partial charge is 0.231 e. The molecule has 0 saturated carbocycles. The minimum atomic E-state index is 0.550. The van der Waals surface area contributed by atoms with Gasteiger partial charge in [-0.15, -0.1) is 0 Å². The first-order chi connectivity index (χ1) is 30.7. The monoisotopic (exact) mass is 794 g/mol. The number of para-hydroxylation sites is 2. The molecular formula is C56H34N4O2. The molecule has 62 heavy (non-hydrogen) atoms. The minimum absolute atomic E-state index is 0.550. The summed E-state index contributed by atoms with van der Waals surface area (Å²) in [5.74, 6) is 1.16. The Balaban J connectivity index is 0.945. The van der Waals surface area contributed by atoms with E-state index in [4.69, 9.17) is 28.8 Å². The largest absolute Gasteiger partial charge is 0.438 e. The van der Waals surface area contributed by atoms with Crippen LogP contribution >= 0.6 is 0 Å². The predicted octanol–water partition coefficient (Wildman–Crippen LogP) is 14.7. The van der Waals surface area contributed by atoms with E-state index in [1.165, 1.54) is 0 Å². The second-order valence-corrected chi connectivity index (χ2v) is 15.4. The number of benzene rings is 8. The van der Waals surface area contributed by atoms with Gasteiger partial charge in [-0.05, 0) is 57.6 Å². The van der Waals surface area contributed by atoms with Crippen LogP contribution in [0.4, 0.5) is 0 Å². The number of hydrogen-bond donors (Lipinski definition) is 0. The van der Waals surface area contributed by atoms with E-state index in [1.807, 2.05) is 72.8 Å². The highest BCUT2D eigenvalue weighted by molar-refractivity contribution is 6.11. The molecule has 12 aromatic rings. The lowest BCUT2D eigenvalue weighted by Crippen LogP contribution is -1.95. The van der Waals surface area contributed by atoms with Crippen LogP contribution in [0, 0.1) is 0 Å². The molecule has 0 bridgehead atoms. The Morgan fingerprint density at radius 1 is 0.258 bits per heavy atom. The van der Waals surface area contributed by atoms with Crippen molar-refractivity contribution in [1.29, 1.82) is 0 Å².